The van der Waals surface area contributed by atoms with E-state index < -0.39 is 17.1 Å². The Labute approximate surface area is 212 Å². The summed E-state index contributed by atoms with van der Waals surface area (Å²) in [5, 5.41) is 23.6. The van der Waals surface area contributed by atoms with Crippen LogP contribution in [-0.2, 0) is 16.0 Å². The van der Waals surface area contributed by atoms with Crippen molar-refractivity contribution < 1.29 is 19.8 Å². The van der Waals surface area contributed by atoms with Gasteiger partial charge in [0, 0.05) is 28.6 Å². The number of aromatic nitrogens is 1. The van der Waals surface area contributed by atoms with Gasteiger partial charge in [0.15, 0.2) is 11.6 Å². The van der Waals surface area contributed by atoms with Gasteiger partial charge in [-0.25, -0.2) is 0 Å². The van der Waals surface area contributed by atoms with Crippen molar-refractivity contribution in [1.29, 1.82) is 0 Å². The van der Waals surface area contributed by atoms with Gasteiger partial charge < -0.3 is 10.2 Å². The van der Waals surface area contributed by atoms with Crippen LogP contribution in [0.4, 0.5) is 0 Å². The van der Waals surface area contributed by atoms with Crippen molar-refractivity contribution in [2.75, 3.05) is 11.5 Å². The fourth-order valence-corrected chi connectivity index (χ4v) is 9.15. The Hall–Kier alpha value is -1.76. The van der Waals surface area contributed by atoms with Gasteiger partial charge in [0.25, 0.3) is 0 Å². The Morgan fingerprint density at radius 3 is 2.83 bits per heavy atom. The van der Waals surface area contributed by atoms with Gasteiger partial charge in [-0.1, -0.05) is 38.5 Å². The van der Waals surface area contributed by atoms with E-state index in [0.717, 1.165) is 42.7 Å². The molecule has 4 aliphatic carbocycles. The standard InChI is InChI=1S/C29H37NO4S/c1-18-14-23-22-8-7-19-15-21(31)9-11-27(19,2)26(22)24(32)16-28(23,3)29(18,34)25(33)17-35-13-10-20-6-4-5-12-30-20/h4-6,9,11-12,15,18,22-24,26,32,34H,7-8,10,13-14,16-17H2,1-3H3/t18-,22?,23?,24+,26?,27?,28?,29+/m1/s1. The Morgan fingerprint density at radius 2 is 2.09 bits per heavy atom. The van der Waals surface area contributed by atoms with Crippen LogP contribution in [0.15, 0.2) is 48.2 Å². The third kappa shape index (κ3) is 3.79. The molecule has 35 heavy (non-hydrogen) atoms. The Bertz CT molecular complexity index is 1070. The molecule has 0 radical (unpaired) electrons. The van der Waals surface area contributed by atoms with E-state index in [4.69, 9.17) is 0 Å². The average Bonchev–Trinajstić information content (AvgIpc) is 3.04. The number of thioether (sulfide) groups is 1. The molecule has 1 aromatic heterocycles. The zero-order valence-electron chi connectivity index (χ0n) is 20.9. The van der Waals surface area contributed by atoms with Crippen molar-refractivity contribution in [2.45, 2.75) is 64.6 Å². The molecule has 0 aliphatic heterocycles. The summed E-state index contributed by atoms with van der Waals surface area (Å²) in [5.41, 5.74) is -0.302. The second kappa shape index (κ2) is 8.97. The highest BCUT2D eigenvalue weighted by Crippen LogP contribution is 2.68. The number of aliphatic hydroxyl groups excluding tert-OH is 1. The second-order valence-electron chi connectivity index (χ2n) is 11.7. The van der Waals surface area contributed by atoms with Crippen molar-refractivity contribution in [2.24, 2.45) is 34.5 Å². The molecular formula is C29H37NO4S. The van der Waals surface area contributed by atoms with Crippen molar-refractivity contribution in [1.82, 2.24) is 4.98 Å². The minimum atomic E-state index is -1.43. The number of rotatable bonds is 6. The lowest BCUT2D eigenvalue weighted by atomic mass is 9.46. The molecule has 0 aromatic carbocycles. The summed E-state index contributed by atoms with van der Waals surface area (Å²) in [6.45, 7) is 6.21. The van der Waals surface area contributed by atoms with Crippen LogP contribution in [0.1, 0.15) is 52.1 Å². The molecule has 0 saturated heterocycles. The first kappa shape index (κ1) is 24.9. The number of aryl methyl sites for hydroxylation is 1. The molecule has 4 aliphatic rings. The SMILES string of the molecule is C[C@@H]1CC2C3CCC4=CC(=O)C=CC4(C)C3[C@@H](O)CC2(C)[C@@]1(O)C(=O)CSCCc1ccccn1. The van der Waals surface area contributed by atoms with Gasteiger partial charge in [0.1, 0.15) is 5.60 Å². The van der Waals surface area contributed by atoms with Crippen molar-refractivity contribution >= 4 is 23.3 Å². The summed E-state index contributed by atoms with van der Waals surface area (Å²) >= 11 is 1.56. The molecule has 1 aromatic rings. The van der Waals surface area contributed by atoms with Crippen molar-refractivity contribution in [3.63, 3.8) is 0 Å². The van der Waals surface area contributed by atoms with E-state index in [9.17, 15) is 19.8 Å². The number of carbonyl (C=O) groups is 2. The second-order valence-corrected chi connectivity index (χ2v) is 12.8. The van der Waals surface area contributed by atoms with E-state index in [1.165, 1.54) is 0 Å². The summed E-state index contributed by atoms with van der Waals surface area (Å²) < 4.78 is 0. The van der Waals surface area contributed by atoms with Gasteiger partial charge in [-0.2, -0.15) is 11.8 Å². The first-order chi connectivity index (χ1) is 16.6. The Balaban J connectivity index is 1.34. The fourth-order valence-electron chi connectivity index (χ4n) is 8.25. The number of Topliss-reactive ketones (excluding diaryl/α,β-unsaturated/α-hetero) is 1. The lowest BCUT2D eigenvalue weighted by Crippen LogP contribution is -2.62. The maximum Gasteiger partial charge on any atom is 0.178 e. The molecule has 188 valence electrons. The van der Waals surface area contributed by atoms with Crippen LogP contribution >= 0.6 is 11.8 Å². The number of hydrogen-bond donors (Lipinski definition) is 2. The third-order valence-corrected chi connectivity index (χ3v) is 10.9. The lowest BCUT2D eigenvalue weighted by Gasteiger charge is -2.59. The highest BCUT2D eigenvalue weighted by atomic mass is 32.2. The van der Waals surface area contributed by atoms with Crippen LogP contribution in [0.2, 0.25) is 0 Å². The van der Waals surface area contributed by atoms with E-state index in [1.54, 1.807) is 30.1 Å². The summed E-state index contributed by atoms with van der Waals surface area (Å²) in [7, 11) is 0. The smallest absolute Gasteiger partial charge is 0.178 e. The number of aliphatic hydroxyl groups is 2. The number of allylic oxidation sites excluding steroid dienone is 4. The van der Waals surface area contributed by atoms with Crippen LogP contribution in [0.3, 0.4) is 0 Å². The van der Waals surface area contributed by atoms with Gasteiger partial charge in [0.05, 0.1) is 11.9 Å². The maximum atomic E-state index is 13.6. The van der Waals surface area contributed by atoms with Gasteiger partial charge >= 0.3 is 0 Å². The van der Waals surface area contributed by atoms with Gasteiger partial charge in [-0.3, -0.25) is 14.6 Å². The lowest BCUT2D eigenvalue weighted by molar-refractivity contribution is -0.179. The third-order valence-electron chi connectivity index (χ3n) is 9.96. The number of fused-ring (bicyclic) bond motifs is 5. The van der Waals surface area contributed by atoms with E-state index >= 15 is 0 Å². The molecule has 6 heteroatoms. The van der Waals surface area contributed by atoms with Gasteiger partial charge in [-0.05, 0) is 79.9 Å². The number of pyridine rings is 1. The van der Waals surface area contributed by atoms with Crippen LogP contribution in [0, 0.1) is 34.5 Å². The summed E-state index contributed by atoms with van der Waals surface area (Å²) in [6, 6.07) is 5.85. The first-order valence-corrected chi connectivity index (χ1v) is 14.1. The largest absolute Gasteiger partial charge is 0.393 e. The topological polar surface area (TPSA) is 87.5 Å². The number of hydrogen-bond acceptors (Lipinski definition) is 6. The predicted molar refractivity (Wildman–Crippen MR) is 138 cm³/mol. The van der Waals surface area contributed by atoms with Gasteiger partial charge in [0.2, 0.25) is 0 Å². The number of nitrogens with zero attached hydrogens (tertiary/aromatic N) is 1. The summed E-state index contributed by atoms with van der Waals surface area (Å²) in [4.78, 5) is 30.0. The fraction of sp³-hybridized carbons (Fsp3) is 0.621. The predicted octanol–water partition coefficient (Wildman–Crippen LogP) is 4.18. The van der Waals surface area contributed by atoms with Crippen LogP contribution in [0.5, 0.6) is 0 Å². The van der Waals surface area contributed by atoms with Gasteiger partial charge in [-0.15, -0.1) is 0 Å². The molecule has 3 saturated carbocycles. The maximum absolute atomic E-state index is 13.6. The zero-order chi connectivity index (χ0) is 25.0. The molecule has 0 spiro atoms. The number of carbonyl (C=O) groups excluding carboxylic acids is 2. The minimum absolute atomic E-state index is 0.00215. The molecule has 5 rings (SSSR count). The quantitative estimate of drug-likeness (QED) is 0.576. The van der Waals surface area contributed by atoms with Crippen LogP contribution in [-0.4, -0.2) is 50.0 Å². The number of ketones is 2. The monoisotopic (exact) mass is 495 g/mol. The zero-order valence-corrected chi connectivity index (χ0v) is 21.8. The van der Waals surface area contributed by atoms with Crippen molar-refractivity contribution in [3.8, 4) is 0 Å². The van der Waals surface area contributed by atoms with Crippen LogP contribution < -0.4 is 0 Å². The Kier molecular flexibility index (Phi) is 6.38. The van der Waals surface area contributed by atoms with E-state index in [2.05, 4.69) is 11.9 Å². The van der Waals surface area contributed by atoms with E-state index in [-0.39, 0.29) is 46.4 Å². The molecule has 2 N–H and O–H groups in total. The molecule has 0 bridgehead atoms. The first-order valence-electron chi connectivity index (χ1n) is 13.0. The summed E-state index contributed by atoms with van der Waals surface area (Å²) in [5.74, 6) is 1.21. The molecule has 0 amide bonds. The molecule has 5 unspecified atom stereocenters. The van der Waals surface area contributed by atoms with Crippen LogP contribution in [0.25, 0.3) is 0 Å². The summed E-state index contributed by atoms with van der Waals surface area (Å²) in [6.07, 6.45) is 10.3. The Morgan fingerprint density at radius 1 is 1.29 bits per heavy atom. The minimum Gasteiger partial charge on any atom is -0.393 e. The molecule has 3 fully saturated rings. The highest BCUT2D eigenvalue weighted by Gasteiger charge is 2.70. The average molecular weight is 496 g/mol. The molecule has 5 nitrogen and oxygen atoms in total. The highest BCUT2D eigenvalue weighted by molar-refractivity contribution is 7.99. The molecule has 8 atom stereocenters. The van der Waals surface area contributed by atoms with E-state index in [1.807, 2.05) is 38.1 Å². The molecule has 1 heterocycles. The van der Waals surface area contributed by atoms with E-state index in [0.29, 0.717) is 6.42 Å². The molecular weight excluding hydrogens is 458 g/mol. The van der Waals surface area contributed by atoms with Crippen molar-refractivity contribution in [3.05, 3.63) is 53.9 Å². The normalized spacial score (nSPS) is 42.1.